The fourth-order valence-corrected chi connectivity index (χ4v) is 6.25. The van der Waals surface area contributed by atoms with E-state index in [1.165, 1.54) is 32.1 Å². The number of ether oxygens (including phenoxy) is 2. The van der Waals surface area contributed by atoms with Crippen LogP contribution in [0.15, 0.2) is 11.1 Å². The summed E-state index contributed by atoms with van der Waals surface area (Å²) in [6.45, 7) is -2.20. The number of aromatic hydroxyl groups is 1. The fraction of sp³-hybridized carbons (Fsp3) is 0.556. The number of nitrogens with zero attached hydrogens (tertiary/aromatic N) is 6. The van der Waals surface area contributed by atoms with Gasteiger partial charge in [-0.05, 0) is 11.4 Å². The zero-order valence-electron chi connectivity index (χ0n) is 19.4. The van der Waals surface area contributed by atoms with Crippen molar-refractivity contribution in [1.29, 1.82) is 0 Å². The molecular formula is C18H27N8O7PS. The molecule has 15 nitrogen and oxygen atoms in total. The molecule has 0 bridgehead atoms. The van der Waals surface area contributed by atoms with Crippen LogP contribution in [0.5, 0.6) is 11.8 Å². The Morgan fingerprint density at radius 2 is 2.03 bits per heavy atom. The molecule has 4 heterocycles. The number of fused-ring (bicyclic) bond motifs is 1. The van der Waals surface area contributed by atoms with E-state index in [9.17, 15) is 19.6 Å². The van der Waals surface area contributed by atoms with E-state index < -0.39 is 36.8 Å². The second-order valence-corrected chi connectivity index (χ2v) is 12.3. The summed E-state index contributed by atoms with van der Waals surface area (Å²) in [5.41, 5.74) is 12.2. The number of anilines is 1. The van der Waals surface area contributed by atoms with Gasteiger partial charge < -0.3 is 29.9 Å². The molecule has 0 radical (unpaired) electrons. The molecular weight excluding hydrogens is 503 g/mol. The van der Waals surface area contributed by atoms with Crippen LogP contribution in [0.4, 0.5) is 5.95 Å². The van der Waals surface area contributed by atoms with Gasteiger partial charge in [-0.2, -0.15) is 9.97 Å². The summed E-state index contributed by atoms with van der Waals surface area (Å²) in [4.78, 5) is 24.4. The van der Waals surface area contributed by atoms with Gasteiger partial charge in [-0.15, -0.1) is 0 Å². The van der Waals surface area contributed by atoms with Gasteiger partial charge in [-0.1, -0.05) is 6.92 Å². The normalized spacial score (nSPS) is 24.2. The van der Waals surface area contributed by atoms with E-state index >= 15 is 0 Å². The second kappa shape index (κ2) is 9.44. The molecule has 1 aliphatic rings. The number of methoxy groups -OCH3 is 1. The molecule has 0 aliphatic carbocycles. The van der Waals surface area contributed by atoms with Gasteiger partial charge in [0.15, 0.2) is 11.2 Å². The zero-order valence-corrected chi connectivity index (χ0v) is 21.1. The quantitative estimate of drug-likeness (QED) is 0.285. The monoisotopic (exact) mass is 530 g/mol. The van der Waals surface area contributed by atoms with E-state index in [0.29, 0.717) is 11.2 Å². The molecule has 17 heteroatoms. The van der Waals surface area contributed by atoms with Gasteiger partial charge in [-0.25, -0.2) is 9.78 Å². The van der Waals surface area contributed by atoms with Crippen molar-refractivity contribution in [3.8, 4) is 11.8 Å². The Balaban J connectivity index is 1.44. The van der Waals surface area contributed by atoms with Crippen molar-refractivity contribution in [2.24, 2.45) is 25.5 Å². The predicted molar refractivity (Wildman–Crippen MR) is 127 cm³/mol. The van der Waals surface area contributed by atoms with Gasteiger partial charge in [0.05, 0.1) is 31.8 Å². The molecule has 0 spiro atoms. The van der Waals surface area contributed by atoms with Crippen molar-refractivity contribution in [2.45, 2.75) is 31.1 Å². The molecule has 0 aromatic carbocycles. The average molecular weight is 531 g/mol. The number of aromatic nitrogens is 6. The van der Waals surface area contributed by atoms with E-state index in [2.05, 4.69) is 15.0 Å². The molecule has 0 saturated carbocycles. The van der Waals surface area contributed by atoms with Crippen molar-refractivity contribution >= 4 is 35.2 Å². The van der Waals surface area contributed by atoms with Gasteiger partial charge in [0.2, 0.25) is 17.7 Å². The molecule has 4 rings (SSSR count). The van der Waals surface area contributed by atoms with Crippen molar-refractivity contribution in [2.75, 3.05) is 19.5 Å². The molecule has 3 aromatic rings. The van der Waals surface area contributed by atoms with Crippen LogP contribution in [0.1, 0.15) is 18.8 Å². The van der Waals surface area contributed by atoms with Gasteiger partial charge in [0.25, 0.3) is 0 Å². The van der Waals surface area contributed by atoms with Crippen molar-refractivity contribution in [3.63, 3.8) is 0 Å². The first-order valence-corrected chi connectivity index (χ1v) is 13.7. The molecule has 35 heavy (non-hydrogen) atoms. The van der Waals surface area contributed by atoms with Crippen LogP contribution in [0.2, 0.25) is 0 Å². The molecule has 1 saturated heterocycles. The van der Waals surface area contributed by atoms with Gasteiger partial charge in [0.1, 0.15) is 12.3 Å². The third-order valence-corrected chi connectivity index (χ3v) is 8.97. The van der Waals surface area contributed by atoms with E-state index in [4.69, 9.17) is 25.2 Å². The number of aliphatic hydroxyl groups excluding tert-OH is 1. The van der Waals surface area contributed by atoms with Crippen LogP contribution >= 0.6 is 18.1 Å². The van der Waals surface area contributed by atoms with E-state index in [-0.39, 0.29) is 35.8 Å². The highest BCUT2D eigenvalue weighted by molar-refractivity contribution is 8.55. The summed E-state index contributed by atoms with van der Waals surface area (Å²) in [7, 11) is 4.34. The molecule has 192 valence electrons. The topological polar surface area (TPSA) is 208 Å². The zero-order chi connectivity index (χ0) is 25.7. The second-order valence-electron chi connectivity index (χ2n) is 8.11. The number of imidazole rings is 2. The van der Waals surface area contributed by atoms with Crippen LogP contribution < -0.4 is 21.7 Å². The lowest BCUT2D eigenvalue weighted by molar-refractivity contribution is -0.0389. The first kappa shape index (κ1) is 25.5. The smallest absolute Gasteiger partial charge is 0.330 e. The molecule has 6 N–H and O–H groups in total. The maximum absolute atomic E-state index is 12.8. The van der Waals surface area contributed by atoms with Gasteiger partial charge in [-0.3, -0.25) is 23.8 Å². The third-order valence-electron chi connectivity index (χ3n) is 5.91. The summed E-state index contributed by atoms with van der Waals surface area (Å²) in [5, 5.41) is 20.8. The number of hydrogen-bond donors (Lipinski definition) is 4. The van der Waals surface area contributed by atoms with E-state index in [1.54, 1.807) is 11.5 Å². The van der Waals surface area contributed by atoms with Crippen LogP contribution in [-0.4, -0.2) is 64.8 Å². The number of rotatable bonds is 8. The highest BCUT2D eigenvalue weighted by Gasteiger charge is 2.43. The highest BCUT2D eigenvalue weighted by atomic mass is 32.7. The minimum Gasteiger partial charge on any atom is -0.493 e. The number of nitrogens with two attached hydrogens (primary N) is 2. The molecule has 1 aliphatic heterocycles. The van der Waals surface area contributed by atoms with Crippen molar-refractivity contribution in [3.05, 3.63) is 22.5 Å². The molecule has 0 amide bonds. The maximum atomic E-state index is 12.8. The lowest BCUT2D eigenvalue weighted by Crippen LogP contribution is -2.29. The SMILES string of the molecule is COc1nc(N)nc2c1ncn2C1OC(COP(N)(=O)SCc2c(O)n(C)c(=O)n2C)C(O)C1C. The standard InChI is InChI=1S/C18H27N8O7PS/c1-8-12(27)10(5-32-34(20,30)35-6-9-15(28)25(3)18(29)24(9)2)33-16(8)26-7-21-11-13(26)22-17(19)23-14(11)31-4/h7-8,10,12,16,27-28H,5-6H2,1-4H3,(H2,20,30)(H2,19,22,23). The van der Waals surface area contributed by atoms with Crippen LogP contribution in [0.3, 0.4) is 0 Å². The largest absolute Gasteiger partial charge is 0.493 e. The number of nitrogen functional groups attached to an aromatic ring is 1. The molecule has 3 aromatic heterocycles. The van der Waals surface area contributed by atoms with E-state index in [1.807, 2.05) is 0 Å². The molecule has 1 fully saturated rings. The summed E-state index contributed by atoms with van der Waals surface area (Å²) in [5.74, 6) is -0.484. The summed E-state index contributed by atoms with van der Waals surface area (Å²) in [6.07, 6.45) is -1.01. The Labute approximate surface area is 203 Å². The summed E-state index contributed by atoms with van der Waals surface area (Å²) in [6, 6.07) is 0. The Kier molecular flexibility index (Phi) is 6.87. The van der Waals surface area contributed by atoms with Crippen molar-refractivity contribution in [1.82, 2.24) is 28.7 Å². The van der Waals surface area contributed by atoms with Crippen LogP contribution in [0.25, 0.3) is 11.2 Å². The Hall–Kier alpha value is -2.62. The van der Waals surface area contributed by atoms with E-state index in [0.717, 1.165) is 15.9 Å². The van der Waals surface area contributed by atoms with Gasteiger partial charge in [0, 0.05) is 25.8 Å². The first-order valence-electron chi connectivity index (χ1n) is 10.4. The highest BCUT2D eigenvalue weighted by Crippen LogP contribution is 2.54. The predicted octanol–water partition coefficient (Wildman–Crippen LogP) is 0.0711. The Bertz CT molecular complexity index is 1360. The number of aliphatic hydroxyl groups is 1. The lowest BCUT2D eigenvalue weighted by Gasteiger charge is -2.18. The molecule has 5 atom stereocenters. The fourth-order valence-electron chi connectivity index (χ4n) is 3.88. The average Bonchev–Trinajstić information content (AvgIpc) is 3.41. The number of hydrogen-bond acceptors (Lipinski definition) is 12. The lowest BCUT2D eigenvalue weighted by atomic mass is 10.0. The Morgan fingerprint density at radius 1 is 1.31 bits per heavy atom. The first-order chi connectivity index (χ1) is 16.4. The van der Waals surface area contributed by atoms with Crippen LogP contribution in [0, 0.1) is 5.92 Å². The maximum Gasteiger partial charge on any atom is 0.330 e. The van der Waals surface area contributed by atoms with Gasteiger partial charge >= 0.3 is 12.4 Å². The third kappa shape index (κ3) is 4.64. The minimum atomic E-state index is -3.72. The molecule has 5 unspecified atom stereocenters. The summed E-state index contributed by atoms with van der Waals surface area (Å²) >= 11 is 0.755. The Morgan fingerprint density at radius 3 is 2.66 bits per heavy atom. The van der Waals surface area contributed by atoms with Crippen molar-refractivity contribution < 1.29 is 28.8 Å². The summed E-state index contributed by atoms with van der Waals surface area (Å²) < 4.78 is 33.3. The van der Waals surface area contributed by atoms with Crippen LogP contribution in [-0.2, 0) is 33.7 Å². The minimum absolute atomic E-state index is 0.00905.